The second-order valence-electron chi connectivity index (χ2n) is 7.18. The van der Waals surface area contributed by atoms with E-state index in [0.717, 1.165) is 44.4 Å². The van der Waals surface area contributed by atoms with Crippen molar-refractivity contribution < 1.29 is 0 Å². The highest BCUT2D eigenvalue weighted by atomic mass is 127. The molecule has 1 fully saturated rings. The number of likely N-dealkylation sites (N-methyl/N-ethyl adjacent to an activating group) is 1. The van der Waals surface area contributed by atoms with Crippen LogP contribution in [0.2, 0.25) is 0 Å². The zero-order chi connectivity index (χ0) is 19.6. The Morgan fingerprint density at radius 2 is 2.03 bits per heavy atom. The zero-order valence-electron chi connectivity index (χ0n) is 17.5. The molecule has 0 saturated carbocycles. The third-order valence-corrected chi connectivity index (χ3v) is 5.33. The quantitative estimate of drug-likeness (QED) is 0.308. The summed E-state index contributed by atoms with van der Waals surface area (Å²) in [6.07, 6.45) is 5.24. The monoisotopic (exact) mass is 511 g/mol. The van der Waals surface area contributed by atoms with Crippen molar-refractivity contribution in [3.05, 3.63) is 48.0 Å². The number of aliphatic imine (C=N–C) groups is 1. The van der Waals surface area contributed by atoms with Crippen LogP contribution in [-0.4, -0.2) is 57.8 Å². The number of aromatic nitrogens is 3. The Labute approximate surface area is 191 Å². The van der Waals surface area contributed by atoms with E-state index >= 15 is 0 Å². The molecule has 160 valence electrons. The molecule has 2 N–H and O–H groups in total. The molecule has 0 aliphatic carbocycles. The van der Waals surface area contributed by atoms with E-state index in [1.165, 1.54) is 24.9 Å². The first-order valence-corrected chi connectivity index (χ1v) is 10.5. The van der Waals surface area contributed by atoms with Crippen molar-refractivity contribution in [2.24, 2.45) is 4.99 Å². The SMILES string of the molecule is CCc1nncn1CCNC(=NCc1ccccc1)NCC1CCCN1CC.I. The minimum Gasteiger partial charge on any atom is -0.355 e. The van der Waals surface area contributed by atoms with Crippen LogP contribution < -0.4 is 10.6 Å². The van der Waals surface area contributed by atoms with Crippen molar-refractivity contribution in [1.29, 1.82) is 0 Å². The predicted octanol–water partition coefficient (Wildman–Crippen LogP) is 2.68. The van der Waals surface area contributed by atoms with Crippen molar-refractivity contribution >= 4 is 29.9 Å². The minimum absolute atomic E-state index is 0. The summed E-state index contributed by atoms with van der Waals surface area (Å²) in [5.74, 6) is 1.89. The maximum Gasteiger partial charge on any atom is 0.191 e. The lowest BCUT2D eigenvalue weighted by atomic mass is 10.2. The molecular weight excluding hydrogens is 477 g/mol. The van der Waals surface area contributed by atoms with E-state index in [9.17, 15) is 0 Å². The summed E-state index contributed by atoms with van der Waals surface area (Å²) in [5, 5.41) is 15.2. The molecule has 1 aromatic heterocycles. The van der Waals surface area contributed by atoms with E-state index in [1.807, 2.05) is 6.07 Å². The molecule has 1 saturated heterocycles. The van der Waals surface area contributed by atoms with Gasteiger partial charge in [-0.2, -0.15) is 0 Å². The predicted molar refractivity (Wildman–Crippen MR) is 129 cm³/mol. The molecule has 1 atom stereocenters. The van der Waals surface area contributed by atoms with Crippen LogP contribution in [0.3, 0.4) is 0 Å². The topological polar surface area (TPSA) is 70.4 Å². The third kappa shape index (κ3) is 7.26. The summed E-state index contributed by atoms with van der Waals surface area (Å²) < 4.78 is 2.09. The van der Waals surface area contributed by atoms with Crippen molar-refractivity contribution in [3.63, 3.8) is 0 Å². The van der Waals surface area contributed by atoms with Gasteiger partial charge >= 0.3 is 0 Å². The number of benzene rings is 1. The summed E-state index contributed by atoms with van der Waals surface area (Å²) in [4.78, 5) is 7.35. The van der Waals surface area contributed by atoms with Crippen LogP contribution in [0.25, 0.3) is 0 Å². The Morgan fingerprint density at radius 1 is 1.21 bits per heavy atom. The van der Waals surface area contributed by atoms with Crippen molar-refractivity contribution in [3.8, 4) is 0 Å². The van der Waals surface area contributed by atoms with Gasteiger partial charge in [0.15, 0.2) is 5.96 Å². The first-order chi connectivity index (χ1) is 13.8. The van der Waals surface area contributed by atoms with Gasteiger partial charge in [-0.3, -0.25) is 4.90 Å². The Bertz CT molecular complexity index is 732. The van der Waals surface area contributed by atoms with Crippen molar-refractivity contribution in [1.82, 2.24) is 30.3 Å². The minimum atomic E-state index is 0. The summed E-state index contributed by atoms with van der Waals surface area (Å²) in [6.45, 7) is 9.88. The normalized spacial score (nSPS) is 17.2. The van der Waals surface area contributed by atoms with Crippen LogP contribution in [-0.2, 0) is 19.5 Å². The Hall–Kier alpha value is -1.68. The van der Waals surface area contributed by atoms with E-state index in [1.54, 1.807) is 6.33 Å². The van der Waals surface area contributed by atoms with Gasteiger partial charge in [0.1, 0.15) is 12.2 Å². The fourth-order valence-corrected chi connectivity index (χ4v) is 3.72. The molecule has 29 heavy (non-hydrogen) atoms. The van der Waals surface area contributed by atoms with Crippen LogP contribution in [0.15, 0.2) is 41.7 Å². The molecule has 0 radical (unpaired) electrons. The average Bonchev–Trinajstić information content (AvgIpc) is 3.39. The fraction of sp³-hybridized carbons (Fsp3) is 0.571. The largest absolute Gasteiger partial charge is 0.355 e. The molecule has 3 rings (SSSR count). The third-order valence-electron chi connectivity index (χ3n) is 5.33. The number of hydrogen-bond donors (Lipinski definition) is 2. The maximum absolute atomic E-state index is 4.80. The van der Waals surface area contributed by atoms with Crippen molar-refractivity contribution in [2.45, 2.75) is 52.2 Å². The van der Waals surface area contributed by atoms with Crippen LogP contribution in [0, 0.1) is 0 Å². The molecule has 1 aliphatic heterocycles. The molecule has 7 nitrogen and oxygen atoms in total. The van der Waals surface area contributed by atoms with Gasteiger partial charge in [-0.15, -0.1) is 34.2 Å². The Balaban J connectivity index is 0.00000300. The number of hydrogen-bond acceptors (Lipinski definition) is 4. The number of aryl methyl sites for hydroxylation is 1. The second-order valence-corrected chi connectivity index (χ2v) is 7.18. The van der Waals surface area contributed by atoms with E-state index in [2.05, 4.69) is 68.4 Å². The van der Waals surface area contributed by atoms with Gasteiger partial charge < -0.3 is 15.2 Å². The molecule has 2 heterocycles. The standard InChI is InChI=1S/C21H33N7.HI/c1-3-20-26-25-17-28(20)14-12-22-21(23-15-18-9-6-5-7-10-18)24-16-19-11-8-13-27(19)4-2;/h5-7,9-10,17,19H,3-4,8,11-16H2,1-2H3,(H2,22,23,24);1H. The molecule has 1 unspecified atom stereocenters. The zero-order valence-corrected chi connectivity index (χ0v) is 19.9. The van der Waals surface area contributed by atoms with Gasteiger partial charge in [-0.25, -0.2) is 4.99 Å². The smallest absolute Gasteiger partial charge is 0.191 e. The van der Waals surface area contributed by atoms with E-state index in [0.29, 0.717) is 12.6 Å². The molecule has 0 bridgehead atoms. The summed E-state index contributed by atoms with van der Waals surface area (Å²) >= 11 is 0. The van der Waals surface area contributed by atoms with E-state index in [-0.39, 0.29) is 24.0 Å². The summed E-state index contributed by atoms with van der Waals surface area (Å²) in [7, 11) is 0. The van der Waals surface area contributed by atoms with E-state index in [4.69, 9.17) is 4.99 Å². The van der Waals surface area contributed by atoms with Gasteiger partial charge in [0.25, 0.3) is 0 Å². The van der Waals surface area contributed by atoms with Crippen molar-refractivity contribution in [2.75, 3.05) is 26.2 Å². The van der Waals surface area contributed by atoms with Crippen LogP contribution in [0.1, 0.15) is 38.1 Å². The van der Waals surface area contributed by atoms with Gasteiger partial charge in [0, 0.05) is 32.1 Å². The first kappa shape index (κ1) is 23.6. The molecule has 0 spiro atoms. The van der Waals surface area contributed by atoms with Crippen LogP contribution in [0.5, 0.6) is 0 Å². The number of rotatable bonds is 9. The van der Waals surface area contributed by atoms with E-state index < -0.39 is 0 Å². The number of nitrogens with zero attached hydrogens (tertiary/aromatic N) is 5. The van der Waals surface area contributed by atoms with Crippen LogP contribution in [0.4, 0.5) is 0 Å². The van der Waals surface area contributed by atoms with Gasteiger partial charge in [-0.05, 0) is 31.5 Å². The maximum atomic E-state index is 4.80. The lowest BCUT2D eigenvalue weighted by molar-refractivity contribution is 0.267. The van der Waals surface area contributed by atoms with Crippen LogP contribution >= 0.6 is 24.0 Å². The summed E-state index contributed by atoms with van der Waals surface area (Å²) in [6, 6.07) is 11.0. The number of likely N-dealkylation sites (tertiary alicyclic amines) is 1. The number of halogens is 1. The number of guanidine groups is 1. The van der Waals surface area contributed by atoms with Gasteiger partial charge in [0.05, 0.1) is 6.54 Å². The molecule has 0 amide bonds. The lowest BCUT2D eigenvalue weighted by Crippen LogP contribution is -2.45. The molecule has 1 aliphatic rings. The fourth-order valence-electron chi connectivity index (χ4n) is 3.72. The highest BCUT2D eigenvalue weighted by Crippen LogP contribution is 2.15. The first-order valence-electron chi connectivity index (χ1n) is 10.5. The lowest BCUT2D eigenvalue weighted by Gasteiger charge is -2.24. The average molecular weight is 511 g/mol. The Kier molecular flexibility index (Phi) is 10.4. The summed E-state index contributed by atoms with van der Waals surface area (Å²) in [5.41, 5.74) is 1.21. The number of nitrogens with one attached hydrogen (secondary N) is 2. The highest BCUT2D eigenvalue weighted by Gasteiger charge is 2.22. The second kappa shape index (κ2) is 12.8. The molecule has 8 heteroatoms. The molecular formula is C21H34IN7. The highest BCUT2D eigenvalue weighted by molar-refractivity contribution is 14.0. The molecule has 2 aromatic rings. The Morgan fingerprint density at radius 3 is 2.79 bits per heavy atom. The molecule has 1 aromatic carbocycles. The van der Waals surface area contributed by atoms with Gasteiger partial charge in [0.2, 0.25) is 0 Å². The van der Waals surface area contributed by atoms with Gasteiger partial charge in [-0.1, -0.05) is 44.2 Å².